The Hall–Kier alpha value is -0.810. The maximum atomic E-state index is 4.23. The summed E-state index contributed by atoms with van der Waals surface area (Å²) in [5, 5.41) is 7.82. The van der Waals surface area contributed by atoms with Crippen molar-refractivity contribution < 1.29 is 0 Å². The van der Waals surface area contributed by atoms with Crippen LogP contribution in [0.15, 0.2) is 17.4 Å². The molecule has 15 heavy (non-hydrogen) atoms. The second-order valence-corrected chi connectivity index (χ2v) is 4.88. The number of rotatable bonds is 3. The van der Waals surface area contributed by atoms with E-state index in [4.69, 9.17) is 0 Å². The third kappa shape index (κ3) is 2.60. The number of nitrogens with zero attached hydrogens (tertiary/aromatic N) is 2. The molecule has 1 saturated heterocycles. The fraction of sp³-hybridized carbons (Fsp3) is 0.600. The molecule has 1 aliphatic heterocycles. The molecule has 0 amide bonds. The molecule has 0 saturated carbocycles. The number of anilines is 1. The van der Waals surface area contributed by atoms with Crippen LogP contribution in [0, 0.1) is 0 Å². The van der Waals surface area contributed by atoms with Gasteiger partial charge in [-0.2, -0.15) is 0 Å². The van der Waals surface area contributed by atoms with Gasteiger partial charge in [-0.3, -0.25) is 0 Å². The summed E-state index contributed by atoms with van der Waals surface area (Å²) in [6.45, 7) is 4.28. The molecule has 1 aromatic rings. The number of hydrogen-bond donors (Lipinski definition) is 2. The average Bonchev–Trinajstić information content (AvgIpc) is 2.65. The SMILES string of the molecule is CSc1cc(NC2(C)CCNC2)ncn1. The normalized spacial score (nSPS) is 25.5. The standard InChI is InChI=1S/C10H16N4S/c1-10(3-4-11-6-10)14-8-5-9(15-2)13-7-12-8/h5,7,11H,3-4,6H2,1-2H3,(H,12,13,14). The molecule has 2 heterocycles. The Morgan fingerprint density at radius 2 is 2.40 bits per heavy atom. The van der Waals surface area contributed by atoms with Crippen LogP contribution in [0.25, 0.3) is 0 Å². The van der Waals surface area contributed by atoms with Gasteiger partial charge in [-0.1, -0.05) is 0 Å². The molecule has 2 rings (SSSR count). The minimum atomic E-state index is 0.129. The van der Waals surface area contributed by atoms with Crippen LogP contribution in [0.1, 0.15) is 13.3 Å². The van der Waals surface area contributed by atoms with Crippen molar-refractivity contribution in [3.05, 3.63) is 12.4 Å². The molecule has 2 N–H and O–H groups in total. The lowest BCUT2D eigenvalue weighted by Crippen LogP contribution is -2.37. The van der Waals surface area contributed by atoms with Crippen molar-refractivity contribution in [3.63, 3.8) is 0 Å². The summed E-state index contributed by atoms with van der Waals surface area (Å²) >= 11 is 1.63. The van der Waals surface area contributed by atoms with Crippen molar-refractivity contribution >= 4 is 17.6 Å². The van der Waals surface area contributed by atoms with E-state index in [1.807, 2.05) is 12.3 Å². The first kappa shape index (κ1) is 10.7. The summed E-state index contributed by atoms with van der Waals surface area (Å²) < 4.78 is 0. The zero-order valence-electron chi connectivity index (χ0n) is 9.08. The maximum Gasteiger partial charge on any atom is 0.130 e. The summed E-state index contributed by atoms with van der Waals surface area (Å²) in [5.74, 6) is 0.917. The summed E-state index contributed by atoms with van der Waals surface area (Å²) in [7, 11) is 0. The van der Waals surface area contributed by atoms with Gasteiger partial charge < -0.3 is 10.6 Å². The predicted octanol–water partition coefficient (Wildman–Crippen LogP) is 1.36. The first-order valence-corrected chi connectivity index (χ1v) is 6.29. The van der Waals surface area contributed by atoms with Gasteiger partial charge in [0.25, 0.3) is 0 Å². The second kappa shape index (κ2) is 4.37. The molecule has 1 aromatic heterocycles. The maximum absolute atomic E-state index is 4.23. The lowest BCUT2D eigenvalue weighted by Gasteiger charge is -2.25. The van der Waals surface area contributed by atoms with Crippen LogP contribution in [0.2, 0.25) is 0 Å². The second-order valence-electron chi connectivity index (χ2n) is 4.06. The Bertz CT molecular complexity index is 336. The van der Waals surface area contributed by atoms with Crippen LogP contribution < -0.4 is 10.6 Å². The average molecular weight is 224 g/mol. The van der Waals surface area contributed by atoms with E-state index in [1.165, 1.54) is 0 Å². The van der Waals surface area contributed by atoms with Crippen LogP contribution in [0.5, 0.6) is 0 Å². The lowest BCUT2D eigenvalue weighted by molar-refractivity contribution is 0.563. The predicted molar refractivity (Wildman–Crippen MR) is 63.3 cm³/mol. The van der Waals surface area contributed by atoms with Crippen LogP contribution in [-0.2, 0) is 0 Å². The van der Waals surface area contributed by atoms with Crippen molar-refractivity contribution in [3.8, 4) is 0 Å². The van der Waals surface area contributed by atoms with E-state index in [0.717, 1.165) is 30.4 Å². The molecule has 0 aliphatic carbocycles. The molecule has 0 spiro atoms. The largest absolute Gasteiger partial charge is 0.363 e. The first-order valence-electron chi connectivity index (χ1n) is 5.07. The Balaban J connectivity index is 2.09. The molecular weight excluding hydrogens is 208 g/mol. The van der Waals surface area contributed by atoms with Crippen molar-refractivity contribution in [1.82, 2.24) is 15.3 Å². The highest BCUT2D eigenvalue weighted by Gasteiger charge is 2.28. The molecular formula is C10H16N4S. The molecule has 1 atom stereocenters. The fourth-order valence-electron chi connectivity index (χ4n) is 1.75. The quantitative estimate of drug-likeness (QED) is 0.600. The van der Waals surface area contributed by atoms with E-state index in [9.17, 15) is 0 Å². The Labute approximate surface area is 94.3 Å². The van der Waals surface area contributed by atoms with E-state index in [1.54, 1.807) is 18.1 Å². The smallest absolute Gasteiger partial charge is 0.130 e. The van der Waals surface area contributed by atoms with E-state index < -0.39 is 0 Å². The number of aromatic nitrogens is 2. The minimum absolute atomic E-state index is 0.129. The molecule has 4 nitrogen and oxygen atoms in total. The monoisotopic (exact) mass is 224 g/mol. The number of thioether (sulfide) groups is 1. The molecule has 1 fully saturated rings. The van der Waals surface area contributed by atoms with Crippen LogP contribution in [0.3, 0.4) is 0 Å². The van der Waals surface area contributed by atoms with Gasteiger partial charge in [-0.05, 0) is 26.1 Å². The van der Waals surface area contributed by atoms with E-state index in [0.29, 0.717) is 0 Å². The van der Waals surface area contributed by atoms with Crippen molar-refractivity contribution in [2.75, 3.05) is 24.7 Å². The molecule has 5 heteroatoms. The van der Waals surface area contributed by atoms with Crippen LogP contribution in [0.4, 0.5) is 5.82 Å². The van der Waals surface area contributed by atoms with Crippen molar-refractivity contribution in [1.29, 1.82) is 0 Å². The topological polar surface area (TPSA) is 49.8 Å². The highest BCUT2D eigenvalue weighted by atomic mass is 32.2. The highest BCUT2D eigenvalue weighted by molar-refractivity contribution is 7.98. The summed E-state index contributed by atoms with van der Waals surface area (Å²) in [6.07, 6.45) is 4.76. The summed E-state index contributed by atoms with van der Waals surface area (Å²) in [4.78, 5) is 8.38. The van der Waals surface area contributed by atoms with Gasteiger partial charge in [-0.15, -0.1) is 11.8 Å². The number of nitrogens with one attached hydrogen (secondary N) is 2. The molecule has 1 unspecified atom stereocenters. The van der Waals surface area contributed by atoms with Crippen LogP contribution >= 0.6 is 11.8 Å². The first-order chi connectivity index (χ1) is 7.22. The van der Waals surface area contributed by atoms with Gasteiger partial charge in [0.1, 0.15) is 17.2 Å². The van der Waals surface area contributed by atoms with Gasteiger partial charge in [-0.25, -0.2) is 9.97 Å². The molecule has 0 bridgehead atoms. The summed E-state index contributed by atoms with van der Waals surface area (Å²) in [5.41, 5.74) is 0.129. The van der Waals surface area contributed by atoms with Gasteiger partial charge in [0.2, 0.25) is 0 Å². The van der Waals surface area contributed by atoms with Gasteiger partial charge in [0, 0.05) is 18.2 Å². The van der Waals surface area contributed by atoms with E-state index in [-0.39, 0.29) is 5.54 Å². The third-order valence-corrected chi connectivity index (χ3v) is 3.29. The van der Waals surface area contributed by atoms with Crippen molar-refractivity contribution in [2.24, 2.45) is 0 Å². The molecule has 1 aliphatic rings. The highest BCUT2D eigenvalue weighted by Crippen LogP contribution is 2.21. The van der Waals surface area contributed by atoms with E-state index in [2.05, 4.69) is 27.5 Å². The van der Waals surface area contributed by atoms with Gasteiger partial charge >= 0.3 is 0 Å². The zero-order valence-corrected chi connectivity index (χ0v) is 9.90. The Morgan fingerprint density at radius 3 is 3.07 bits per heavy atom. The Kier molecular flexibility index (Phi) is 3.11. The zero-order chi connectivity index (χ0) is 10.7. The fourth-order valence-corrected chi connectivity index (χ4v) is 2.13. The minimum Gasteiger partial charge on any atom is -0.363 e. The van der Waals surface area contributed by atoms with Crippen molar-refractivity contribution in [2.45, 2.75) is 23.9 Å². The Morgan fingerprint density at radius 1 is 1.53 bits per heavy atom. The lowest BCUT2D eigenvalue weighted by atomic mass is 10.0. The summed E-state index contributed by atoms with van der Waals surface area (Å²) in [6, 6.07) is 1.99. The molecule has 82 valence electrons. The third-order valence-electron chi connectivity index (χ3n) is 2.65. The van der Waals surface area contributed by atoms with Gasteiger partial charge in [0.05, 0.1) is 0 Å². The van der Waals surface area contributed by atoms with Gasteiger partial charge in [0.15, 0.2) is 0 Å². The molecule has 0 radical (unpaired) electrons. The van der Waals surface area contributed by atoms with Crippen LogP contribution in [-0.4, -0.2) is 34.9 Å². The molecule has 0 aromatic carbocycles. The van der Waals surface area contributed by atoms with E-state index >= 15 is 0 Å². The number of hydrogen-bond acceptors (Lipinski definition) is 5.